The molecule has 0 radical (unpaired) electrons. The van der Waals surface area contributed by atoms with E-state index in [9.17, 15) is 14.3 Å². The normalized spacial score (nSPS) is 12.3. The number of halogens is 3. The highest BCUT2D eigenvalue weighted by Crippen LogP contribution is 2.29. The van der Waals surface area contributed by atoms with E-state index in [0.29, 0.717) is 0 Å². The van der Waals surface area contributed by atoms with Gasteiger partial charge in [0.25, 0.3) is 0 Å². The number of ether oxygens (including phenoxy) is 1. The molecule has 0 aliphatic rings. The van der Waals surface area contributed by atoms with E-state index < -0.39 is 17.9 Å². The van der Waals surface area contributed by atoms with Crippen molar-refractivity contribution in [1.29, 1.82) is 0 Å². The number of aliphatic hydroxyl groups excluding tert-OH is 1. The maximum Gasteiger partial charge on any atom is 0.339 e. The molecule has 0 saturated carbocycles. The molecule has 0 amide bonds. The van der Waals surface area contributed by atoms with Gasteiger partial charge in [0.15, 0.2) is 6.10 Å². The van der Waals surface area contributed by atoms with Crippen LogP contribution in [0.4, 0.5) is 4.39 Å². The van der Waals surface area contributed by atoms with E-state index in [1.807, 2.05) is 0 Å². The van der Waals surface area contributed by atoms with Gasteiger partial charge in [0.2, 0.25) is 0 Å². The molecule has 0 aliphatic heterocycles. The Kier molecular flexibility index (Phi) is 4.70. The standard InChI is InChI=1S/C10H9BrClFO3/c1-2-16-10(15)9(14)5-3-6(12)8(11)7(13)4-5/h3-4,9,14H,2H2,1H3. The van der Waals surface area contributed by atoms with Crippen LogP contribution in [0.25, 0.3) is 0 Å². The minimum Gasteiger partial charge on any atom is -0.464 e. The van der Waals surface area contributed by atoms with Crippen LogP contribution in [0.3, 0.4) is 0 Å². The Labute approximate surface area is 105 Å². The second-order valence-corrected chi connectivity index (χ2v) is 4.15. The minimum atomic E-state index is -1.53. The summed E-state index contributed by atoms with van der Waals surface area (Å²) in [5.74, 6) is -1.48. The van der Waals surface area contributed by atoms with Gasteiger partial charge in [0.1, 0.15) is 5.82 Å². The molecule has 0 aromatic heterocycles. The number of rotatable bonds is 3. The molecule has 1 aromatic carbocycles. The largest absolute Gasteiger partial charge is 0.464 e. The average molecular weight is 312 g/mol. The van der Waals surface area contributed by atoms with Crippen molar-refractivity contribution in [3.8, 4) is 0 Å². The maximum absolute atomic E-state index is 13.3. The van der Waals surface area contributed by atoms with Crippen LogP contribution in [-0.2, 0) is 9.53 Å². The third kappa shape index (κ3) is 2.93. The Morgan fingerprint density at radius 1 is 1.69 bits per heavy atom. The van der Waals surface area contributed by atoms with E-state index in [4.69, 9.17) is 11.6 Å². The van der Waals surface area contributed by atoms with E-state index >= 15 is 0 Å². The number of hydrogen-bond donors (Lipinski definition) is 1. The highest BCUT2D eigenvalue weighted by molar-refractivity contribution is 9.10. The topological polar surface area (TPSA) is 46.5 Å². The number of benzene rings is 1. The zero-order valence-corrected chi connectivity index (χ0v) is 10.7. The molecule has 0 aliphatic carbocycles. The molecule has 6 heteroatoms. The lowest BCUT2D eigenvalue weighted by Gasteiger charge is -2.11. The second kappa shape index (κ2) is 5.61. The van der Waals surface area contributed by atoms with Crippen molar-refractivity contribution in [3.05, 3.63) is 33.0 Å². The highest BCUT2D eigenvalue weighted by atomic mass is 79.9. The first-order valence-electron chi connectivity index (χ1n) is 4.46. The summed E-state index contributed by atoms with van der Waals surface area (Å²) in [6.45, 7) is 1.75. The minimum absolute atomic E-state index is 0.0594. The lowest BCUT2D eigenvalue weighted by molar-refractivity contribution is -0.153. The summed E-state index contributed by atoms with van der Waals surface area (Å²) in [6.07, 6.45) is -1.53. The van der Waals surface area contributed by atoms with Gasteiger partial charge in [-0.25, -0.2) is 9.18 Å². The molecule has 1 aromatic rings. The van der Waals surface area contributed by atoms with Crippen LogP contribution in [-0.4, -0.2) is 17.7 Å². The van der Waals surface area contributed by atoms with Crippen molar-refractivity contribution in [2.45, 2.75) is 13.0 Å². The van der Waals surface area contributed by atoms with Crippen LogP contribution in [0.5, 0.6) is 0 Å². The van der Waals surface area contributed by atoms with Gasteiger partial charge >= 0.3 is 5.97 Å². The second-order valence-electron chi connectivity index (χ2n) is 2.95. The molecule has 0 saturated heterocycles. The molecule has 1 unspecified atom stereocenters. The molecule has 3 nitrogen and oxygen atoms in total. The third-order valence-electron chi connectivity index (χ3n) is 1.83. The van der Waals surface area contributed by atoms with E-state index in [0.717, 1.165) is 6.07 Å². The Balaban J connectivity index is 3.01. The molecule has 1 rings (SSSR count). The van der Waals surface area contributed by atoms with Gasteiger partial charge in [-0.2, -0.15) is 0 Å². The summed E-state index contributed by atoms with van der Waals surface area (Å²) in [7, 11) is 0. The van der Waals surface area contributed by atoms with Crippen molar-refractivity contribution in [1.82, 2.24) is 0 Å². The van der Waals surface area contributed by atoms with Crippen molar-refractivity contribution in [3.63, 3.8) is 0 Å². The fourth-order valence-electron chi connectivity index (χ4n) is 1.09. The first-order valence-corrected chi connectivity index (χ1v) is 5.63. The van der Waals surface area contributed by atoms with Gasteiger partial charge in [0, 0.05) is 0 Å². The molecule has 0 heterocycles. The lowest BCUT2D eigenvalue weighted by Crippen LogP contribution is -2.15. The first-order chi connectivity index (χ1) is 7.47. The Bertz CT molecular complexity index is 388. The molecule has 1 N–H and O–H groups in total. The van der Waals surface area contributed by atoms with Gasteiger partial charge < -0.3 is 9.84 Å². The van der Waals surface area contributed by atoms with E-state index in [1.54, 1.807) is 6.92 Å². The summed E-state index contributed by atoms with van der Waals surface area (Å²) < 4.78 is 17.9. The summed E-state index contributed by atoms with van der Waals surface area (Å²) in [6, 6.07) is 2.33. The Hall–Kier alpha value is -0.650. The van der Waals surface area contributed by atoms with Crippen LogP contribution in [0.1, 0.15) is 18.6 Å². The molecule has 0 fully saturated rings. The Morgan fingerprint density at radius 3 is 2.81 bits per heavy atom. The molecule has 1 atom stereocenters. The fraction of sp³-hybridized carbons (Fsp3) is 0.300. The van der Waals surface area contributed by atoms with Crippen molar-refractivity contribution >= 4 is 33.5 Å². The maximum atomic E-state index is 13.3. The quantitative estimate of drug-likeness (QED) is 0.690. The highest BCUT2D eigenvalue weighted by Gasteiger charge is 2.21. The molecule has 16 heavy (non-hydrogen) atoms. The smallest absolute Gasteiger partial charge is 0.339 e. The Morgan fingerprint density at radius 2 is 2.31 bits per heavy atom. The van der Waals surface area contributed by atoms with E-state index in [-0.39, 0.29) is 21.7 Å². The van der Waals surface area contributed by atoms with Crippen molar-refractivity contribution in [2.75, 3.05) is 6.61 Å². The monoisotopic (exact) mass is 310 g/mol. The summed E-state index contributed by atoms with van der Waals surface area (Å²) in [5.41, 5.74) is 0.0594. The number of carbonyl (C=O) groups excluding carboxylic acids is 1. The number of carbonyl (C=O) groups is 1. The third-order valence-corrected chi connectivity index (χ3v) is 3.16. The zero-order chi connectivity index (χ0) is 12.3. The predicted octanol–water partition coefficient (Wildman–Crippen LogP) is 2.84. The van der Waals surface area contributed by atoms with Gasteiger partial charge in [-0.15, -0.1) is 0 Å². The van der Waals surface area contributed by atoms with Crippen molar-refractivity contribution < 1.29 is 19.0 Å². The molecule has 0 spiro atoms. The van der Waals surface area contributed by atoms with Crippen LogP contribution in [0, 0.1) is 5.82 Å². The van der Waals surface area contributed by atoms with Gasteiger partial charge in [0.05, 0.1) is 16.1 Å². The summed E-state index contributed by atoms with van der Waals surface area (Å²) in [4.78, 5) is 11.2. The summed E-state index contributed by atoms with van der Waals surface area (Å²) >= 11 is 8.62. The molecular formula is C10H9BrClFO3. The first kappa shape index (κ1) is 13.4. The fourth-order valence-corrected chi connectivity index (χ4v) is 1.54. The predicted molar refractivity (Wildman–Crippen MR) is 60.7 cm³/mol. The van der Waals surface area contributed by atoms with Crippen LogP contribution < -0.4 is 0 Å². The molecule has 0 bridgehead atoms. The zero-order valence-electron chi connectivity index (χ0n) is 8.34. The van der Waals surface area contributed by atoms with E-state index in [1.165, 1.54) is 6.07 Å². The average Bonchev–Trinajstić information content (AvgIpc) is 2.24. The molecular weight excluding hydrogens is 302 g/mol. The van der Waals surface area contributed by atoms with E-state index in [2.05, 4.69) is 20.7 Å². The lowest BCUT2D eigenvalue weighted by atomic mass is 10.1. The van der Waals surface area contributed by atoms with Crippen LogP contribution >= 0.6 is 27.5 Å². The van der Waals surface area contributed by atoms with Crippen LogP contribution in [0.2, 0.25) is 5.02 Å². The SMILES string of the molecule is CCOC(=O)C(O)c1cc(F)c(Br)c(Cl)c1. The van der Waals surface area contributed by atoms with Gasteiger partial charge in [-0.3, -0.25) is 0 Å². The molecule has 88 valence electrons. The van der Waals surface area contributed by atoms with Gasteiger partial charge in [-0.1, -0.05) is 11.6 Å². The van der Waals surface area contributed by atoms with Gasteiger partial charge in [-0.05, 0) is 40.5 Å². The number of aliphatic hydroxyl groups is 1. The summed E-state index contributed by atoms with van der Waals surface area (Å²) in [5, 5.41) is 9.63. The van der Waals surface area contributed by atoms with Crippen molar-refractivity contribution in [2.24, 2.45) is 0 Å². The number of hydrogen-bond acceptors (Lipinski definition) is 3. The number of esters is 1. The van der Waals surface area contributed by atoms with Crippen LogP contribution in [0.15, 0.2) is 16.6 Å².